The van der Waals surface area contributed by atoms with E-state index in [9.17, 15) is 14.4 Å². The average molecular weight is 521 g/mol. The number of para-hydroxylation sites is 1. The summed E-state index contributed by atoms with van der Waals surface area (Å²) in [5.74, 6) is -2.88. The number of rotatable bonds is 10. The van der Waals surface area contributed by atoms with Crippen LogP contribution >= 0.6 is 0 Å². The van der Waals surface area contributed by atoms with Crippen LogP contribution in [0.2, 0.25) is 0 Å². The second-order valence-corrected chi connectivity index (χ2v) is 10.6. The van der Waals surface area contributed by atoms with Crippen LogP contribution in [0.15, 0.2) is 66.2 Å². The van der Waals surface area contributed by atoms with Crippen LogP contribution in [0.4, 0.5) is 10.1 Å². The van der Waals surface area contributed by atoms with Gasteiger partial charge in [0, 0.05) is 17.2 Å². The van der Waals surface area contributed by atoms with E-state index in [1.165, 1.54) is 6.07 Å². The molecule has 1 aliphatic heterocycles. The number of amides is 3. The lowest BCUT2D eigenvalue weighted by molar-refractivity contribution is -0.141. The molecule has 2 aromatic rings. The van der Waals surface area contributed by atoms with Gasteiger partial charge in [-0.05, 0) is 57.7 Å². The molecule has 202 valence electrons. The van der Waals surface area contributed by atoms with E-state index >= 15 is 4.39 Å². The number of benzodiazepines with no additional fused rings is 1. The molecule has 7 nitrogen and oxygen atoms in total. The van der Waals surface area contributed by atoms with Crippen molar-refractivity contribution >= 4 is 29.1 Å². The molecule has 0 aliphatic carbocycles. The smallest absolute Gasteiger partial charge is 0.272 e. The molecule has 0 radical (unpaired) electrons. The molecule has 3 rings (SSSR count). The van der Waals surface area contributed by atoms with Crippen LogP contribution in [0.5, 0.6) is 0 Å². The van der Waals surface area contributed by atoms with E-state index < -0.39 is 41.0 Å². The first-order valence-electron chi connectivity index (χ1n) is 12.9. The minimum absolute atomic E-state index is 0.0629. The molecule has 0 saturated heterocycles. The molecule has 8 heteroatoms. The molecule has 0 saturated carbocycles. The second-order valence-electron chi connectivity index (χ2n) is 10.6. The van der Waals surface area contributed by atoms with Crippen molar-refractivity contribution in [3.8, 4) is 0 Å². The van der Waals surface area contributed by atoms with Gasteiger partial charge in [-0.15, -0.1) is 6.58 Å². The number of fused-ring (bicyclic) bond motifs is 1. The van der Waals surface area contributed by atoms with Gasteiger partial charge in [-0.1, -0.05) is 50.3 Å². The number of nitrogens with zero attached hydrogens (tertiary/aromatic N) is 2. The third kappa shape index (κ3) is 5.69. The lowest BCUT2D eigenvalue weighted by Crippen LogP contribution is -2.54. The van der Waals surface area contributed by atoms with Crippen LogP contribution in [0.1, 0.15) is 58.6 Å². The highest BCUT2D eigenvalue weighted by Gasteiger charge is 2.45. The van der Waals surface area contributed by atoms with Gasteiger partial charge >= 0.3 is 0 Å². The highest BCUT2D eigenvalue weighted by atomic mass is 19.1. The zero-order valence-electron chi connectivity index (χ0n) is 22.7. The maximum absolute atomic E-state index is 15.0. The van der Waals surface area contributed by atoms with Gasteiger partial charge < -0.3 is 16.0 Å². The number of nitrogens with two attached hydrogens (primary N) is 1. The molecule has 38 heavy (non-hydrogen) atoms. The summed E-state index contributed by atoms with van der Waals surface area (Å²) in [5, 5.41) is 2.79. The summed E-state index contributed by atoms with van der Waals surface area (Å²) in [7, 11) is 0. The minimum Gasteiger partial charge on any atom is -0.369 e. The lowest BCUT2D eigenvalue weighted by Gasteiger charge is -2.35. The molecule has 0 aromatic heterocycles. The number of primary amides is 1. The number of anilines is 1. The Bertz CT molecular complexity index is 1260. The molecule has 3 atom stereocenters. The summed E-state index contributed by atoms with van der Waals surface area (Å²) in [6, 6.07) is 13.1. The Morgan fingerprint density at radius 2 is 1.74 bits per heavy atom. The maximum atomic E-state index is 15.0. The standard InChI is InChI=1S/C30H37FN4O3/c1-7-16-30(6,29(32)38)22(17-18(2)3)27(36)34-26-28(37)35(19(4)5)24-15-11-9-13-21(24)25(33-26)20-12-8-10-14-23(20)31/h7-15,18-19,22,26H,1,16-17H2,2-6H3,(H2,32,38)(H,34,36)/t22-,26?,30+/m0/s1. The molecule has 1 aliphatic rings. The number of benzene rings is 2. The third-order valence-corrected chi connectivity index (χ3v) is 7.00. The number of allylic oxidation sites excluding steroid dienone is 1. The molecule has 2 aromatic carbocycles. The molecular formula is C30H37FN4O3. The number of nitrogens with one attached hydrogen (secondary N) is 1. The summed E-state index contributed by atoms with van der Waals surface area (Å²) in [6.07, 6.45) is 0.771. The van der Waals surface area contributed by atoms with E-state index in [1.54, 1.807) is 60.4 Å². The molecule has 1 heterocycles. The maximum Gasteiger partial charge on any atom is 0.272 e. The summed E-state index contributed by atoms with van der Waals surface area (Å²) < 4.78 is 15.0. The molecule has 1 unspecified atom stereocenters. The topological polar surface area (TPSA) is 105 Å². The van der Waals surface area contributed by atoms with Gasteiger partial charge in [-0.25, -0.2) is 9.38 Å². The molecule has 0 bridgehead atoms. The molecule has 0 spiro atoms. The number of aliphatic imine (C=N–C) groups is 1. The van der Waals surface area contributed by atoms with E-state index in [0.29, 0.717) is 17.7 Å². The lowest BCUT2D eigenvalue weighted by atomic mass is 9.70. The first kappa shape index (κ1) is 28.8. The van der Waals surface area contributed by atoms with Crippen molar-refractivity contribution < 1.29 is 18.8 Å². The van der Waals surface area contributed by atoms with Crippen LogP contribution in [0.3, 0.4) is 0 Å². The summed E-state index contributed by atoms with van der Waals surface area (Å²) >= 11 is 0. The zero-order valence-corrected chi connectivity index (χ0v) is 22.7. The number of carbonyl (C=O) groups is 3. The van der Waals surface area contributed by atoms with Crippen molar-refractivity contribution in [2.45, 2.75) is 59.7 Å². The van der Waals surface area contributed by atoms with Crippen molar-refractivity contribution in [2.24, 2.45) is 28.0 Å². The van der Waals surface area contributed by atoms with Crippen molar-refractivity contribution in [1.29, 1.82) is 0 Å². The summed E-state index contributed by atoms with van der Waals surface area (Å²) in [4.78, 5) is 46.5. The molecular weight excluding hydrogens is 483 g/mol. The summed E-state index contributed by atoms with van der Waals surface area (Å²) in [6.45, 7) is 13.0. The third-order valence-electron chi connectivity index (χ3n) is 7.00. The Morgan fingerprint density at radius 1 is 1.13 bits per heavy atom. The fourth-order valence-electron chi connectivity index (χ4n) is 4.96. The Morgan fingerprint density at radius 3 is 2.29 bits per heavy atom. The van der Waals surface area contributed by atoms with Gasteiger partial charge in [0.15, 0.2) is 0 Å². The summed E-state index contributed by atoms with van der Waals surface area (Å²) in [5.41, 5.74) is 6.17. The normalized spacial score (nSPS) is 17.8. The predicted molar refractivity (Wildman–Crippen MR) is 148 cm³/mol. The van der Waals surface area contributed by atoms with Gasteiger partial charge in [0.25, 0.3) is 5.91 Å². The zero-order chi connectivity index (χ0) is 28.2. The van der Waals surface area contributed by atoms with Crippen LogP contribution < -0.4 is 16.0 Å². The fourth-order valence-corrected chi connectivity index (χ4v) is 4.96. The first-order valence-corrected chi connectivity index (χ1v) is 12.9. The van der Waals surface area contributed by atoms with E-state index in [4.69, 9.17) is 5.73 Å². The SMILES string of the molecule is C=CC[C@@](C)(C(N)=O)[C@@H](CC(C)C)C(=O)NC1N=C(c2ccccc2F)c2ccccc2N(C(C)C)C1=O. The van der Waals surface area contributed by atoms with E-state index in [0.717, 1.165) is 0 Å². The fraction of sp³-hybridized carbons (Fsp3) is 0.400. The van der Waals surface area contributed by atoms with Crippen molar-refractivity contribution in [1.82, 2.24) is 5.32 Å². The van der Waals surface area contributed by atoms with Gasteiger partial charge in [0.1, 0.15) is 5.82 Å². The molecule has 3 N–H and O–H groups in total. The largest absolute Gasteiger partial charge is 0.369 e. The number of halogens is 1. The van der Waals surface area contributed by atoms with Crippen LogP contribution in [-0.4, -0.2) is 35.6 Å². The van der Waals surface area contributed by atoms with Crippen LogP contribution in [0.25, 0.3) is 0 Å². The Labute approximate surface area is 224 Å². The van der Waals surface area contributed by atoms with Gasteiger partial charge in [-0.2, -0.15) is 0 Å². The van der Waals surface area contributed by atoms with Crippen LogP contribution in [0, 0.1) is 23.1 Å². The number of hydrogen-bond acceptors (Lipinski definition) is 4. The highest BCUT2D eigenvalue weighted by molar-refractivity contribution is 6.20. The number of carbonyl (C=O) groups excluding carboxylic acids is 3. The van der Waals surface area contributed by atoms with Crippen molar-refractivity contribution in [3.05, 3.63) is 78.1 Å². The van der Waals surface area contributed by atoms with Gasteiger partial charge in [0.05, 0.1) is 22.7 Å². The Kier molecular flexibility index (Phi) is 8.86. The monoisotopic (exact) mass is 520 g/mol. The molecule has 0 fully saturated rings. The van der Waals surface area contributed by atoms with Gasteiger partial charge in [0.2, 0.25) is 18.0 Å². The predicted octanol–water partition coefficient (Wildman–Crippen LogP) is 4.59. The van der Waals surface area contributed by atoms with Crippen molar-refractivity contribution in [3.63, 3.8) is 0 Å². The van der Waals surface area contributed by atoms with Gasteiger partial charge in [-0.3, -0.25) is 14.4 Å². The Hall–Kier alpha value is -3.81. The van der Waals surface area contributed by atoms with Crippen LogP contribution in [-0.2, 0) is 14.4 Å². The quantitative estimate of drug-likeness (QED) is 0.448. The average Bonchev–Trinajstić information content (AvgIpc) is 2.97. The molecule has 3 amide bonds. The second kappa shape index (κ2) is 11.7. The first-order chi connectivity index (χ1) is 17.9. The van der Waals surface area contributed by atoms with E-state index in [-0.39, 0.29) is 29.7 Å². The highest BCUT2D eigenvalue weighted by Crippen LogP contribution is 2.37. The Balaban J connectivity index is 2.17. The number of hydrogen-bond donors (Lipinski definition) is 2. The van der Waals surface area contributed by atoms with E-state index in [1.807, 2.05) is 27.7 Å². The minimum atomic E-state index is -1.34. The van der Waals surface area contributed by atoms with E-state index in [2.05, 4.69) is 16.9 Å². The van der Waals surface area contributed by atoms with Crippen molar-refractivity contribution in [2.75, 3.05) is 4.90 Å².